The lowest BCUT2D eigenvalue weighted by Crippen LogP contribution is -2.60. The first-order chi connectivity index (χ1) is 20.9. The predicted molar refractivity (Wildman–Crippen MR) is 168 cm³/mol. The summed E-state index contributed by atoms with van der Waals surface area (Å²) in [5, 5.41) is 3.47. The highest BCUT2D eigenvalue weighted by atomic mass is 16.5. The van der Waals surface area contributed by atoms with E-state index in [9.17, 15) is 9.59 Å². The zero-order valence-corrected chi connectivity index (χ0v) is 26.7. The molecule has 3 amide bonds. The van der Waals surface area contributed by atoms with Crippen molar-refractivity contribution in [1.29, 1.82) is 0 Å². The van der Waals surface area contributed by atoms with Gasteiger partial charge in [0, 0.05) is 64.0 Å². The first-order valence-corrected chi connectivity index (χ1v) is 17.2. The topological polar surface area (TPSA) is 74.4 Å². The molecule has 1 aliphatic carbocycles. The summed E-state index contributed by atoms with van der Waals surface area (Å²) in [6.45, 7) is 8.76. The number of methoxy groups -OCH3 is 1. The second kappa shape index (κ2) is 13.5. The minimum atomic E-state index is -0.0627. The van der Waals surface area contributed by atoms with Crippen molar-refractivity contribution >= 4 is 11.9 Å². The minimum Gasteiger partial charge on any atom is -0.381 e. The van der Waals surface area contributed by atoms with Crippen molar-refractivity contribution in [3.8, 4) is 0 Å². The van der Waals surface area contributed by atoms with Crippen molar-refractivity contribution in [1.82, 2.24) is 20.0 Å². The van der Waals surface area contributed by atoms with Gasteiger partial charge in [0.2, 0.25) is 5.91 Å². The van der Waals surface area contributed by atoms with Crippen LogP contribution < -0.4 is 5.32 Å². The Balaban J connectivity index is 1.11. The van der Waals surface area contributed by atoms with Crippen molar-refractivity contribution in [2.24, 2.45) is 11.8 Å². The number of nitrogens with one attached hydrogen (secondary N) is 1. The van der Waals surface area contributed by atoms with Gasteiger partial charge in [-0.3, -0.25) is 9.69 Å². The van der Waals surface area contributed by atoms with Crippen LogP contribution in [0.3, 0.4) is 0 Å². The molecule has 4 heterocycles. The van der Waals surface area contributed by atoms with Gasteiger partial charge in [-0.15, -0.1) is 0 Å². The van der Waals surface area contributed by atoms with Gasteiger partial charge in [-0.2, -0.15) is 0 Å². The number of carbonyl (C=O) groups excluding carboxylic acids is 2. The van der Waals surface area contributed by atoms with Gasteiger partial charge in [0.05, 0.1) is 17.7 Å². The molecule has 8 heteroatoms. The molecule has 238 valence electrons. The first-order valence-electron chi connectivity index (χ1n) is 17.2. The van der Waals surface area contributed by atoms with Crippen LogP contribution in [0.5, 0.6) is 0 Å². The molecule has 5 fully saturated rings. The molecular weight excluding hydrogens is 540 g/mol. The van der Waals surface area contributed by atoms with Gasteiger partial charge in [-0.05, 0) is 96.0 Å². The maximum atomic E-state index is 13.8. The van der Waals surface area contributed by atoms with Crippen LogP contribution in [-0.2, 0) is 14.3 Å². The Hall–Kier alpha value is -2.16. The number of amides is 3. The standard InChI is InChI=1S/C35H54N4O4/c1-25(2)39-34(41)37(23-26-16-19-43-20-17-26)24-35(39)21-29-11-12-30(22-35)38(29)18-15-32(27-7-5-4-6-8-27)36-33(40)28-9-13-31(42-3)14-10-28/h4-8,25-26,28-32H,9-24H2,1-3H3,(H,36,40)/t28-,29?,30?,31+,32-,35?/m0/s1. The molecule has 2 bridgehead atoms. The van der Waals surface area contributed by atoms with E-state index in [1.807, 2.05) is 6.07 Å². The molecule has 0 radical (unpaired) electrons. The number of fused-ring (bicyclic) bond motifs is 2. The Kier molecular flexibility index (Phi) is 9.65. The van der Waals surface area contributed by atoms with Crippen LogP contribution in [0.4, 0.5) is 4.79 Å². The van der Waals surface area contributed by atoms with Crippen LogP contribution in [-0.4, -0.2) is 96.4 Å². The van der Waals surface area contributed by atoms with Crippen LogP contribution in [0.15, 0.2) is 30.3 Å². The zero-order valence-electron chi connectivity index (χ0n) is 26.7. The molecule has 5 aliphatic rings. The van der Waals surface area contributed by atoms with Crippen LogP contribution in [0, 0.1) is 11.8 Å². The van der Waals surface area contributed by atoms with Crippen molar-refractivity contribution in [2.75, 3.05) is 40.0 Å². The lowest BCUT2D eigenvalue weighted by atomic mass is 9.81. The van der Waals surface area contributed by atoms with Crippen LogP contribution in [0.2, 0.25) is 0 Å². The van der Waals surface area contributed by atoms with Crippen LogP contribution in [0.1, 0.15) is 96.1 Å². The number of hydrogen-bond acceptors (Lipinski definition) is 5. The average molecular weight is 595 g/mol. The van der Waals surface area contributed by atoms with Gasteiger partial charge in [0.1, 0.15) is 0 Å². The van der Waals surface area contributed by atoms with E-state index in [1.54, 1.807) is 7.11 Å². The van der Waals surface area contributed by atoms with Gasteiger partial charge in [-0.25, -0.2) is 4.79 Å². The summed E-state index contributed by atoms with van der Waals surface area (Å²) in [6, 6.07) is 12.0. The second-order valence-electron chi connectivity index (χ2n) is 14.4. The number of piperidine rings is 1. The lowest BCUT2D eigenvalue weighted by molar-refractivity contribution is -0.127. The number of nitrogens with zero attached hydrogens (tertiary/aromatic N) is 3. The number of carbonyl (C=O) groups is 2. The monoisotopic (exact) mass is 594 g/mol. The molecule has 1 spiro atoms. The van der Waals surface area contributed by atoms with E-state index >= 15 is 0 Å². The maximum absolute atomic E-state index is 13.8. The van der Waals surface area contributed by atoms with Crippen LogP contribution in [0.25, 0.3) is 0 Å². The largest absolute Gasteiger partial charge is 0.381 e. The summed E-state index contributed by atoms with van der Waals surface area (Å²) < 4.78 is 11.1. The van der Waals surface area contributed by atoms with E-state index in [1.165, 1.54) is 18.4 Å². The fourth-order valence-corrected chi connectivity index (χ4v) is 9.25. The number of benzene rings is 1. The van der Waals surface area contributed by atoms with E-state index in [-0.39, 0.29) is 35.5 Å². The summed E-state index contributed by atoms with van der Waals surface area (Å²) in [6.07, 6.45) is 11.6. The molecule has 3 atom stereocenters. The Labute approximate surface area is 258 Å². The third-order valence-corrected chi connectivity index (χ3v) is 11.4. The van der Waals surface area contributed by atoms with Crippen molar-refractivity contribution in [3.05, 3.63) is 35.9 Å². The quantitative estimate of drug-likeness (QED) is 0.394. The summed E-state index contributed by atoms with van der Waals surface area (Å²) in [5.41, 5.74) is 1.13. The fraction of sp³-hybridized carbons (Fsp3) is 0.771. The molecular formula is C35H54N4O4. The Morgan fingerprint density at radius 2 is 1.67 bits per heavy atom. The molecule has 1 N–H and O–H groups in total. The summed E-state index contributed by atoms with van der Waals surface area (Å²) in [4.78, 5) is 34.4. The SMILES string of the molecule is CO[C@H]1CC[C@@H](C(=O)N[C@@H](CCN2C3CCC2CC2(C3)CN(CC3CCOCC3)C(=O)N2C(C)C)c2ccccc2)CC1. The number of hydrogen-bond donors (Lipinski definition) is 1. The van der Waals surface area contributed by atoms with Gasteiger partial charge in [0.15, 0.2) is 0 Å². The third-order valence-electron chi connectivity index (χ3n) is 11.4. The Bertz CT molecular complexity index is 1070. The van der Waals surface area contributed by atoms with E-state index in [0.29, 0.717) is 24.1 Å². The molecule has 1 saturated carbocycles. The van der Waals surface area contributed by atoms with Crippen molar-refractivity contribution in [2.45, 2.75) is 120 Å². The van der Waals surface area contributed by atoms with Crippen molar-refractivity contribution in [3.63, 3.8) is 0 Å². The highest BCUT2D eigenvalue weighted by molar-refractivity contribution is 5.79. The van der Waals surface area contributed by atoms with Gasteiger partial charge < -0.3 is 24.6 Å². The highest BCUT2D eigenvalue weighted by Crippen LogP contribution is 2.48. The van der Waals surface area contributed by atoms with Crippen LogP contribution >= 0.6 is 0 Å². The van der Waals surface area contributed by atoms with Gasteiger partial charge in [0.25, 0.3) is 0 Å². The smallest absolute Gasteiger partial charge is 0.320 e. The maximum Gasteiger partial charge on any atom is 0.320 e. The highest BCUT2D eigenvalue weighted by Gasteiger charge is 2.57. The summed E-state index contributed by atoms with van der Waals surface area (Å²) in [5.74, 6) is 0.832. The Morgan fingerprint density at radius 1 is 1.00 bits per heavy atom. The Morgan fingerprint density at radius 3 is 2.30 bits per heavy atom. The summed E-state index contributed by atoms with van der Waals surface area (Å²) >= 11 is 0. The number of ether oxygens (including phenoxy) is 2. The molecule has 4 aliphatic heterocycles. The predicted octanol–water partition coefficient (Wildman–Crippen LogP) is 5.38. The molecule has 4 saturated heterocycles. The summed E-state index contributed by atoms with van der Waals surface area (Å²) in [7, 11) is 1.78. The fourth-order valence-electron chi connectivity index (χ4n) is 9.25. The molecule has 1 aromatic carbocycles. The molecule has 8 nitrogen and oxygen atoms in total. The lowest BCUT2D eigenvalue weighted by Gasteiger charge is -2.49. The van der Waals surface area contributed by atoms with E-state index in [0.717, 1.165) is 90.6 Å². The average Bonchev–Trinajstić information content (AvgIpc) is 3.43. The molecule has 1 aromatic rings. The number of urea groups is 1. The van der Waals surface area contributed by atoms with Gasteiger partial charge >= 0.3 is 6.03 Å². The van der Waals surface area contributed by atoms with E-state index < -0.39 is 0 Å². The minimum absolute atomic E-state index is 0.0133. The third kappa shape index (κ3) is 6.62. The van der Waals surface area contributed by atoms with E-state index in [2.05, 4.69) is 58.1 Å². The van der Waals surface area contributed by atoms with Crippen molar-refractivity contribution < 1.29 is 19.1 Å². The molecule has 0 aromatic heterocycles. The van der Waals surface area contributed by atoms with Gasteiger partial charge in [-0.1, -0.05) is 30.3 Å². The zero-order chi connectivity index (χ0) is 30.0. The molecule has 6 rings (SSSR count). The normalized spacial score (nSPS) is 32.6. The molecule has 2 unspecified atom stereocenters. The first kappa shape index (κ1) is 30.8. The molecule has 43 heavy (non-hydrogen) atoms. The number of rotatable bonds is 10. The second-order valence-corrected chi connectivity index (χ2v) is 14.4. The van der Waals surface area contributed by atoms with E-state index in [4.69, 9.17) is 9.47 Å².